The second kappa shape index (κ2) is 5.17. The largest absolute Gasteiger partial charge is 0.370 e. The van der Waals surface area contributed by atoms with Gasteiger partial charge < -0.3 is 4.90 Å². The van der Waals surface area contributed by atoms with Gasteiger partial charge in [-0.25, -0.2) is 8.78 Å². The topological polar surface area (TPSA) is 3.24 Å². The average Bonchev–Trinajstić information content (AvgIpc) is 2.36. The van der Waals surface area contributed by atoms with Gasteiger partial charge in [-0.3, -0.25) is 0 Å². The molecule has 2 aromatic carbocycles. The molecule has 1 nitrogen and oxygen atoms in total. The molecule has 0 spiro atoms. The Balaban J connectivity index is 2.22. The van der Waals surface area contributed by atoms with Crippen LogP contribution in [-0.4, -0.2) is 7.05 Å². The zero-order valence-electron chi connectivity index (χ0n) is 10.5. The Morgan fingerprint density at radius 1 is 1.00 bits per heavy atom. The first kappa shape index (κ1) is 12.6. The van der Waals surface area contributed by atoms with Gasteiger partial charge in [-0.2, -0.15) is 0 Å². The third-order valence-electron chi connectivity index (χ3n) is 2.97. The van der Waals surface area contributed by atoms with Crippen LogP contribution >= 0.6 is 0 Å². The second-order valence-electron chi connectivity index (χ2n) is 4.38. The zero-order chi connectivity index (χ0) is 13.1. The van der Waals surface area contributed by atoms with Crippen molar-refractivity contribution in [3.63, 3.8) is 0 Å². The van der Waals surface area contributed by atoms with Crippen molar-refractivity contribution in [3.05, 3.63) is 65.2 Å². The van der Waals surface area contributed by atoms with Crippen LogP contribution in [0.5, 0.6) is 0 Å². The monoisotopic (exact) mass is 247 g/mol. The van der Waals surface area contributed by atoms with Gasteiger partial charge in [0, 0.05) is 24.8 Å². The number of anilines is 1. The molecule has 0 fully saturated rings. The van der Waals surface area contributed by atoms with E-state index in [0.717, 1.165) is 5.56 Å². The van der Waals surface area contributed by atoms with Gasteiger partial charge in [-0.05, 0) is 24.6 Å². The first-order chi connectivity index (χ1) is 8.58. The molecule has 0 aliphatic carbocycles. The minimum atomic E-state index is -0.509. The third-order valence-corrected chi connectivity index (χ3v) is 2.97. The number of halogens is 2. The first-order valence-corrected chi connectivity index (χ1v) is 5.78. The van der Waals surface area contributed by atoms with Crippen LogP contribution in [0.2, 0.25) is 0 Å². The maximum atomic E-state index is 13.5. The lowest BCUT2D eigenvalue weighted by Gasteiger charge is -2.20. The van der Waals surface area contributed by atoms with Crippen LogP contribution in [0, 0.1) is 18.6 Å². The molecule has 0 radical (unpaired) electrons. The standard InChI is InChI=1S/C15H15F2N/c1-11-14(16)8-13(9-15(11)17)18(2)10-12-6-4-3-5-7-12/h3-9H,10H2,1-2H3. The van der Waals surface area contributed by atoms with Crippen LogP contribution < -0.4 is 4.90 Å². The summed E-state index contributed by atoms with van der Waals surface area (Å²) in [5, 5.41) is 0. The quantitative estimate of drug-likeness (QED) is 0.794. The van der Waals surface area contributed by atoms with Gasteiger partial charge in [0.2, 0.25) is 0 Å². The van der Waals surface area contributed by atoms with Gasteiger partial charge in [-0.15, -0.1) is 0 Å². The molecular formula is C15H15F2N. The van der Waals surface area contributed by atoms with Gasteiger partial charge in [0.25, 0.3) is 0 Å². The number of hydrogen-bond donors (Lipinski definition) is 0. The Morgan fingerprint density at radius 3 is 2.11 bits per heavy atom. The van der Waals surface area contributed by atoms with Crippen LogP contribution in [0.1, 0.15) is 11.1 Å². The summed E-state index contributed by atoms with van der Waals surface area (Å²) in [6, 6.07) is 12.5. The maximum absolute atomic E-state index is 13.5. The van der Waals surface area contributed by atoms with E-state index in [9.17, 15) is 8.78 Å². The molecule has 0 saturated heterocycles. The third kappa shape index (κ3) is 2.67. The molecule has 2 aromatic rings. The van der Waals surface area contributed by atoms with Crippen LogP contribution in [0.25, 0.3) is 0 Å². The van der Waals surface area contributed by atoms with Gasteiger partial charge >= 0.3 is 0 Å². The summed E-state index contributed by atoms with van der Waals surface area (Å²) in [5.41, 5.74) is 1.70. The van der Waals surface area contributed by atoms with E-state index in [2.05, 4.69) is 0 Å². The summed E-state index contributed by atoms with van der Waals surface area (Å²) in [6.07, 6.45) is 0. The number of rotatable bonds is 3. The molecule has 18 heavy (non-hydrogen) atoms. The number of hydrogen-bond acceptors (Lipinski definition) is 1. The maximum Gasteiger partial charge on any atom is 0.131 e. The molecule has 0 aliphatic heterocycles. The van der Waals surface area contributed by atoms with E-state index in [1.807, 2.05) is 42.3 Å². The Labute approximate surface area is 106 Å². The summed E-state index contributed by atoms with van der Waals surface area (Å²) in [6.45, 7) is 2.05. The minimum Gasteiger partial charge on any atom is -0.370 e. The molecule has 0 atom stereocenters. The van der Waals surface area contributed by atoms with Gasteiger partial charge in [-0.1, -0.05) is 30.3 Å². The summed E-state index contributed by atoms with van der Waals surface area (Å²) >= 11 is 0. The summed E-state index contributed by atoms with van der Waals surface area (Å²) in [4.78, 5) is 1.82. The van der Waals surface area contributed by atoms with Crippen molar-refractivity contribution in [2.75, 3.05) is 11.9 Å². The molecule has 0 bridgehead atoms. The first-order valence-electron chi connectivity index (χ1n) is 5.78. The van der Waals surface area contributed by atoms with E-state index in [0.29, 0.717) is 12.2 Å². The highest BCUT2D eigenvalue weighted by Crippen LogP contribution is 2.21. The fourth-order valence-corrected chi connectivity index (χ4v) is 1.80. The van der Waals surface area contributed by atoms with E-state index >= 15 is 0 Å². The van der Waals surface area contributed by atoms with Crippen LogP contribution in [0.4, 0.5) is 14.5 Å². The van der Waals surface area contributed by atoms with Crippen molar-refractivity contribution in [1.29, 1.82) is 0 Å². The highest BCUT2D eigenvalue weighted by molar-refractivity contribution is 5.48. The van der Waals surface area contributed by atoms with E-state index in [-0.39, 0.29) is 5.56 Å². The molecule has 0 amide bonds. The molecule has 0 aliphatic rings. The second-order valence-corrected chi connectivity index (χ2v) is 4.38. The van der Waals surface area contributed by atoms with Crippen molar-refractivity contribution in [2.24, 2.45) is 0 Å². The summed E-state index contributed by atoms with van der Waals surface area (Å²) in [7, 11) is 1.82. The molecule has 2 rings (SSSR count). The van der Waals surface area contributed by atoms with Crippen LogP contribution in [0.15, 0.2) is 42.5 Å². The van der Waals surface area contributed by atoms with Gasteiger partial charge in [0.1, 0.15) is 11.6 Å². The van der Waals surface area contributed by atoms with Gasteiger partial charge in [0.15, 0.2) is 0 Å². The van der Waals surface area contributed by atoms with Crippen LogP contribution in [0.3, 0.4) is 0 Å². The van der Waals surface area contributed by atoms with E-state index < -0.39 is 11.6 Å². The number of nitrogens with zero attached hydrogens (tertiary/aromatic N) is 1. The Hall–Kier alpha value is -1.90. The smallest absolute Gasteiger partial charge is 0.131 e. The zero-order valence-corrected chi connectivity index (χ0v) is 10.5. The molecule has 0 N–H and O–H groups in total. The Morgan fingerprint density at radius 2 is 1.56 bits per heavy atom. The highest BCUT2D eigenvalue weighted by Gasteiger charge is 2.09. The van der Waals surface area contributed by atoms with E-state index in [1.54, 1.807) is 0 Å². The lowest BCUT2D eigenvalue weighted by atomic mass is 10.1. The molecular weight excluding hydrogens is 232 g/mol. The van der Waals surface area contributed by atoms with Crippen molar-refractivity contribution >= 4 is 5.69 Å². The molecule has 0 unspecified atom stereocenters. The molecule has 94 valence electrons. The van der Waals surface area contributed by atoms with Crippen molar-refractivity contribution in [2.45, 2.75) is 13.5 Å². The van der Waals surface area contributed by atoms with Crippen molar-refractivity contribution in [3.8, 4) is 0 Å². The molecule has 3 heteroatoms. The average molecular weight is 247 g/mol. The normalized spacial score (nSPS) is 10.4. The fraction of sp³-hybridized carbons (Fsp3) is 0.200. The highest BCUT2D eigenvalue weighted by atomic mass is 19.1. The lowest BCUT2D eigenvalue weighted by Crippen LogP contribution is -2.17. The van der Waals surface area contributed by atoms with Crippen molar-refractivity contribution < 1.29 is 8.78 Å². The van der Waals surface area contributed by atoms with Crippen LogP contribution in [-0.2, 0) is 6.54 Å². The SMILES string of the molecule is Cc1c(F)cc(N(C)Cc2ccccc2)cc1F. The predicted molar refractivity (Wildman–Crippen MR) is 69.6 cm³/mol. The van der Waals surface area contributed by atoms with E-state index in [4.69, 9.17) is 0 Å². The Kier molecular flexibility index (Phi) is 3.60. The lowest BCUT2D eigenvalue weighted by molar-refractivity contribution is 0.567. The Bertz CT molecular complexity index is 514. The molecule has 0 saturated carbocycles. The molecule has 0 heterocycles. The number of benzene rings is 2. The predicted octanol–water partition coefficient (Wildman–Crippen LogP) is 3.91. The van der Waals surface area contributed by atoms with Crippen molar-refractivity contribution in [1.82, 2.24) is 0 Å². The van der Waals surface area contributed by atoms with Gasteiger partial charge in [0.05, 0.1) is 0 Å². The fourth-order valence-electron chi connectivity index (χ4n) is 1.80. The minimum absolute atomic E-state index is 0.0619. The van der Waals surface area contributed by atoms with E-state index in [1.165, 1.54) is 19.1 Å². The molecule has 0 aromatic heterocycles. The summed E-state index contributed by atoms with van der Waals surface area (Å²) < 4.78 is 26.9. The summed E-state index contributed by atoms with van der Waals surface area (Å²) in [5.74, 6) is -1.02.